The molecule has 0 unspecified atom stereocenters. The zero-order valence-corrected chi connectivity index (χ0v) is 13.9. The summed E-state index contributed by atoms with van der Waals surface area (Å²) in [5.74, 6) is -2.16. The van der Waals surface area contributed by atoms with E-state index in [1.807, 2.05) is 0 Å². The predicted molar refractivity (Wildman–Crippen MR) is 78.7 cm³/mol. The van der Waals surface area contributed by atoms with Crippen molar-refractivity contribution >= 4 is 35.3 Å². The molecule has 1 heterocycles. The van der Waals surface area contributed by atoms with Crippen molar-refractivity contribution in [3.05, 3.63) is 29.8 Å². The van der Waals surface area contributed by atoms with Crippen LogP contribution in [-0.2, 0) is 23.2 Å². The Bertz CT molecular complexity index is 608. The number of hydrogen-bond donors (Lipinski definition) is 0. The Morgan fingerprint density at radius 3 is 2.52 bits per heavy atom. The number of fused-ring (bicyclic) bond motifs is 1. The first-order valence-electron chi connectivity index (χ1n) is 6.09. The summed E-state index contributed by atoms with van der Waals surface area (Å²) in [7, 11) is -1.24. The number of esters is 1. The number of carbonyl (C=O) groups is 2. The number of ether oxygens (including phenoxy) is 1. The molecule has 114 valence electrons. The molecule has 6 nitrogen and oxygen atoms in total. The van der Waals surface area contributed by atoms with Crippen molar-refractivity contribution in [1.29, 1.82) is 0 Å². The van der Waals surface area contributed by atoms with Crippen LogP contribution in [0.2, 0.25) is 0 Å². The fourth-order valence-electron chi connectivity index (χ4n) is 2.34. The van der Waals surface area contributed by atoms with Gasteiger partial charge in [-0.1, -0.05) is 34.1 Å². The van der Waals surface area contributed by atoms with Crippen molar-refractivity contribution in [2.75, 3.05) is 19.5 Å². The first-order chi connectivity index (χ1) is 9.98. The van der Waals surface area contributed by atoms with Crippen molar-refractivity contribution in [3.63, 3.8) is 0 Å². The van der Waals surface area contributed by atoms with Crippen LogP contribution in [0.1, 0.15) is 11.2 Å². The van der Waals surface area contributed by atoms with Gasteiger partial charge in [-0.05, 0) is 6.07 Å². The number of Topliss-reactive ketones (excluding diaryl/α,β-unsaturated/α-hetero) is 1. The fraction of sp³-hybridized carbons (Fsp3) is 0.385. The van der Waals surface area contributed by atoms with Gasteiger partial charge in [0.05, 0.1) is 5.33 Å². The summed E-state index contributed by atoms with van der Waals surface area (Å²) in [5.41, 5.74) is -0.557. The smallest absolute Gasteiger partial charge is 0.339 e. The Kier molecular flexibility index (Phi) is 4.99. The second-order valence-corrected chi connectivity index (χ2v) is 7.31. The van der Waals surface area contributed by atoms with E-state index in [-0.39, 0.29) is 11.1 Å². The number of hydrogen-bond acceptors (Lipinski definition) is 6. The Hall–Kier alpha value is -1.01. The molecule has 0 spiro atoms. The van der Waals surface area contributed by atoms with Crippen LogP contribution in [0, 0.1) is 5.92 Å². The highest BCUT2D eigenvalue weighted by atomic mass is 79.9. The lowest BCUT2D eigenvalue weighted by molar-refractivity contribution is -0.144. The van der Waals surface area contributed by atoms with Gasteiger partial charge in [0.25, 0.3) is 0 Å². The fourth-order valence-corrected chi connectivity index (χ4v) is 4.50. The molecule has 0 amide bonds. The molecular weight excluding hydrogens is 363 g/mol. The molecule has 0 saturated heterocycles. The summed E-state index contributed by atoms with van der Waals surface area (Å²) in [5, 5.41) is -0.0567. The second-order valence-electron chi connectivity index (χ2n) is 4.39. The summed E-state index contributed by atoms with van der Waals surface area (Å²) >= 11 is 3.03. The number of halogens is 1. The Morgan fingerprint density at radius 2 is 1.95 bits per heavy atom. The average Bonchev–Trinajstić information content (AvgIpc) is 2.52. The van der Waals surface area contributed by atoms with Gasteiger partial charge in [-0.25, -0.2) is 0 Å². The minimum Gasteiger partial charge on any atom is -0.426 e. The Balaban J connectivity index is 2.64. The van der Waals surface area contributed by atoms with Crippen LogP contribution in [0.15, 0.2) is 24.3 Å². The summed E-state index contributed by atoms with van der Waals surface area (Å²) in [6.07, 6.45) is 0. The van der Waals surface area contributed by atoms with E-state index in [9.17, 15) is 14.2 Å². The molecule has 0 aliphatic carbocycles. The molecule has 2 atom stereocenters. The largest absolute Gasteiger partial charge is 0.426 e. The first kappa shape index (κ1) is 16.4. The van der Waals surface area contributed by atoms with Gasteiger partial charge in [-0.15, -0.1) is 0 Å². The molecule has 1 aliphatic heterocycles. The molecule has 1 aromatic carbocycles. The van der Waals surface area contributed by atoms with Crippen LogP contribution < -0.4 is 4.74 Å². The van der Waals surface area contributed by atoms with Crippen LogP contribution in [-0.4, -0.2) is 31.3 Å². The molecule has 0 saturated carbocycles. The standard InChI is InChI=1S/C13H14BrO6P/c1-18-21(17,19-2)12-8-5-3-4-6-10(8)20-13(16)11(12)9(15)7-14/h3-6,11-12H,7H2,1-2H3/t11-,12+/m0/s1. The molecule has 21 heavy (non-hydrogen) atoms. The SMILES string of the molecule is COP(=O)(OC)[C@@H]1c2ccccc2OC(=O)[C@H]1C(=O)CBr. The Labute approximate surface area is 130 Å². The molecule has 1 aromatic rings. The van der Waals surface area contributed by atoms with Gasteiger partial charge >= 0.3 is 13.6 Å². The molecular formula is C13H14BrO6P. The lowest BCUT2D eigenvalue weighted by atomic mass is 9.92. The van der Waals surface area contributed by atoms with E-state index in [4.69, 9.17) is 13.8 Å². The van der Waals surface area contributed by atoms with Crippen LogP contribution >= 0.6 is 23.5 Å². The van der Waals surface area contributed by atoms with Gasteiger partial charge < -0.3 is 13.8 Å². The zero-order chi connectivity index (χ0) is 15.6. The van der Waals surface area contributed by atoms with Crippen LogP contribution in [0.4, 0.5) is 0 Å². The molecule has 0 fully saturated rings. The van der Waals surface area contributed by atoms with Gasteiger partial charge in [0, 0.05) is 19.8 Å². The van der Waals surface area contributed by atoms with E-state index in [1.54, 1.807) is 24.3 Å². The topological polar surface area (TPSA) is 78.9 Å². The van der Waals surface area contributed by atoms with Gasteiger partial charge in [-0.3, -0.25) is 14.2 Å². The number of benzene rings is 1. The molecule has 0 radical (unpaired) electrons. The monoisotopic (exact) mass is 376 g/mol. The third kappa shape index (κ3) is 2.83. The maximum absolute atomic E-state index is 12.8. The highest BCUT2D eigenvalue weighted by molar-refractivity contribution is 9.09. The summed E-state index contributed by atoms with van der Waals surface area (Å²) in [6.45, 7) is 0. The van der Waals surface area contributed by atoms with E-state index in [0.29, 0.717) is 5.56 Å². The Morgan fingerprint density at radius 1 is 1.33 bits per heavy atom. The van der Waals surface area contributed by atoms with E-state index in [2.05, 4.69) is 15.9 Å². The third-order valence-corrected chi connectivity index (χ3v) is 6.17. The first-order valence-corrected chi connectivity index (χ1v) is 8.82. The number of rotatable bonds is 5. The molecule has 0 aromatic heterocycles. The van der Waals surface area contributed by atoms with Gasteiger partial charge in [0.2, 0.25) is 0 Å². The molecule has 0 bridgehead atoms. The van der Waals surface area contributed by atoms with Gasteiger partial charge in [0.1, 0.15) is 17.3 Å². The second kappa shape index (κ2) is 6.40. The quantitative estimate of drug-likeness (QED) is 0.258. The van der Waals surface area contributed by atoms with Crippen LogP contribution in [0.25, 0.3) is 0 Å². The number of para-hydroxylation sites is 1. The molecule has 2 rings (SSSR count). The summed E-state index contributed by atoms with van der Waals surface area (Å²) in [4.78, 5) is 24.2. The van der Waals surface area contributed by atoms with Crippen LogP contribution in [0.5, 0.6) is 5.75 Å². The van der Waals surface area contributed by atoms with Gasteiger partial charge in [0.15, 0.2) is 5.78 Å². The average molecular weight is 377 g/mol. The predicted octanol–water partition coefficient (Wildman–Crippen LogP) is 2.71. The van der Waals surface area contributed by atoms with Crippen LogP contribution in [0.3, 0.4) is 0 Å². The lowest BCUT2D eigenvalue weighted by Gasteiger charge is -2.33. The highest BCUT2D eigenvalue weighted by Gasteiger charge is 2.52. The van der Waals surface area contributed by atoms with Gasteiger partial charge in [-0.2, -0.15) is 0 Å². The number of carbonyl (C=O) groups excluding carboxylic acids is 2. The zero-order valence-electron chi connectivity index (χ0n) is 11.4. The minimum atomic E-state index is -3.69. The summed E-state index contributed by atoms with van der Waals surface area (Å²) < 4.78 is 28.0. The maximum atomic E-state index is 12.8. The minimum absolute atomic E-state index is 0.0567. The maximum Gasteiger partial charge on any atom is 0.339 e. The van der Waals surface area contributed by atoms with Crippen molar-refractivity contribution in [2.45, 2.75) is 5.66 Å². The van der Waals surface area contributed by atoms with Crippen molar-refractivity contribution in [3.8, 4) is 5.75 Å². The normalized spacial score (nSPS) is 21.6. The van der Waals surface area contributed by atoms with E-state index in [1.165, 1.54) is 14.2 Å². The molecule has 8 heteroatoms. The van der Waals surface area contributed by atoms with E-state index >= 15 is 0 Å². The van der Waals surface area contributed by atoms with Crippen molar-refractivity contribution in [2.24, 2.45) is 5.92 Å². The number of alkyl halides is 1. The highest BCUT2D eigenvalue weighted by Crippen LogP contribution is 2.65. The van der Waals surface area contributed by atoms with E-state index < -0.39 is 30.9 Å². The summed E-state index contributed by atoms with van der Waals surface area (Å²) in [6, 6.07) is 6.60. The van der Waals surface area contributed by atoms with E-state index in [0.717, 1.165) is 0 Å². The molecule has 0 N–H and O–H groups in total. The third-order valence-electron chi connectivity index (χ3n) is 3.35. The molecule has 1 aliphatic rings. The van der Waals surface area contributed by atoms with Crippen molar-refractivity contribution < 1.29 is 27.9 Å². The lowest BCUT2D eigenvalue weighted by Crippen LogP contribution is -2.38. The van der Waals surface area contributed by atoms with Crippen molar-refractivity contribution in [1.82, 2.24) is 0 Å². The number of ketones is 1.